The van der Waals surface area contributed by atoms with Gasteiger partial charge in [-0.05, 0) is 30.7 Å². The van der Waals surface area contributed by atoms with Crippen LogP contribution in [0.3, 0.4) is 0 Å². The van der Waals surface area contributed by atoms with Crippen LogP contribution in [0.4, 0.5) is 11.4 Å². The lowest BCUT2D eigenvalue weighted by Crippen LogP contribution is -2.58. The molecule has 30 heavy (non-hydrogen) atoms. The molecule has 3 heterocycles. The summed E-state index contributed by atoms with van der Waals surface area (Å²) in [5.41, 5.74) is 2.99. The molecule has 7 nitrogen and oxygen atoms in total. The standard InChI is InChI=1S/C23H19N3O4/c1-15-6-2-3-7-17(15)24-23(28)22-18-8-4-5-11-25(18)13-21(27)26(22)16-9-10-19-20(12-16)30-14-29-19/h2-12,22H,13-14H2,1H3/p+1/t22-/m1/s1. The quantitative estimate of drug-likeness (QED) is 0.684. The number of benzene rings is 2. The number of fused-ring (bicyclic) bond motifs is 2. The predicted molar refractivity (Wildman–Crippen MR) is 109 cm³/mol. The molecule has 1 atom stereocenters. The number of hydrogen-bond donors (Lipinski definition) is 1. The van der Waals surface area contributed by atoms with Crippen molar-refractivity contribution in [1.29, 1.82) is 0 Å². The minimum atomic E-state index is -0.826. The van der Waals surface area contributed by atoms with Crippen molar-refractivity contribution in [3.05, 3.63) is 78.1 Å². The summed E-state index contributed by atoms with van der Waals surface area (Å²) in [5, 5.41) is 2.99. The lowest BCUT2D eigenvalue weighted by molar-refractivity contribution is -0.695. The van der Waals surface area contributed by atoms with Gasteiger partial charge in [0, 0.05) is 29.6 Å². The monoisotopic (exact) mass is 402 g/mol. The smallest absolute Gasteiger partial charge is 0.294 e. The summed E-state index contributed by atoms with van der Waals surface area (Å²) in [4.78, 5) is 28.1. The van der Waals surface area contributed by atoms with Gasteiger partial charge in [-0.1, -0.05) is 24.3 Å². The molecule has 1 N–H and O–H groups in total. The summed E-state index contributed by atoms with van der Waals surface area (Å²) in [5.74, 6) is 0.723. The van der Waals surface area contributed by atoms with Crippen LogP contribution in [0.25, 0.3) is 0 Å². The van der Waals surface area contributed by atoms with Crippen LogP contribution in [0.1, 0.15) is 17.3 Å². The largest absolute Gasteiger partial charge is 0.454 e. The molecule has 1 aromatic heterocycles. The number of anilines is 2. The maximum atomic E-state index is 13.5. The van der Waals surface area contributed by atoms with Crippen molar-refractivity contribution in [3.8, 4) is 11.5 Å². The highest BCUT2D eigenvalue weighted by atomic mass is 16.7. The molecule has 2 aromatic carbocycles. The van der Waals surface area contributed by atoms with Crippen molar-refractivity contribution in [2.24, 2.45) is 0 Å². The topological polar surface area (TPSA) is 71.8 Å². The minimum absolute atomic E-state index is 0.141. The van der Waals surface area contributed by atoms with E-state index in [1.807, 2.05) is 60.2 Å². The maximum absolute atomic E-state index is 13.5. The molecule has 0 saturated heterocycles. The molecule has 0 radical (unpaired) electrons. The number of rotatable bonds is 3. The van der Waals surface area contributed by atoms with Gasteiger partial charge in [0.1, 0.15) is 0 Å². The zero-order valence-corrected chi connectivity index (χ0v) is 16.4. The van der Waals surface area contributed by atoms with Gasteiger partial charge < -0.3 is 14.8 Å². The van der Waals surface area contributed by atoms with Crippen molar-refractivity contribution in [2.75, 3.05) is 17.0 Å². The van der Waals surface area contributed by atoms with Gasteiger partial charge in [0.2, 0.25) is 25.1 Å². The minimum Gasteiger partial charge on any atom is -0.454 e. The second-order valence-corrected chi connectivity index (χ2v) is 7.26. The Bertz CT molecular complexity index is 1160. The van der Waals surface area contributed by atoms with Gasteiger partial charge in [0.05, 0.1) is 0 Å². The average molecular weight is 402 g/mol. The summed E-state index contributed by atoms with van der Waals surface area (Å²) >= 11 is 0. The Morgan fingerprint density at radius 2 is 1.87 bits per heavy atom. The summed E-state index contributed by atoms with van der Waals surface area (Å²) < 4.78 is 12.7. The first-order chi connectivity index (χ1) is 14.6. The van der Waals surface area contributed by atoms with Gasteiger partial charge in [-0.3, -0.25) is 14.5 Å². The Labute approximate surface area is 173 Å². The number of amides is 2. The molecule has 0 aliphatic carbocycles. The van der Waals surface area contributed by atoms with E-state index in [1.165, 1.54) is 4.90 Å². The molecule has 0 bridgehead atoms. The predicted octanol–water partition coefficient (Wildman–Crippen LogP) is 2.74. The van der Waals surface area contributed by atoms with Gasteiger partial charge in [0.25, 0.3) is 11.8 Å². The molecule has 3 aromatic rings. The fraction of sp³-hybridized carbons (Fsp3) is 0.174. The van der Waals surface area contributed by atoms with Crippen molar-refractivity contribution >= 4 is 23.2 Å². The number of pyridine rings is 1. The Kier molecular flexibility index (Phi) is 4.35. The first-order valence-corrected chi connectivity index (χ1v) is 9.68. The van der Waals surface area contributed by atoms with Gasteiger partial charge >= 0.3 is 0 Å². The summed E-state index contributed by atoms with van der Waals surface area (Å²) in [7, 11) is 0. The van der Waals surface area contributed by atoms with Crippen LogP contribution in [0, 0.1) is 6.92 Å². The fourth-order valence-electron chi connectivity index (χ4n) is 3.87. The van der Waals surface area contributed by atoms with E-state index < -0.39 is 6.04 Å². The van der Waals surface area contributed by atoms with E-state index in [1.54, 1.807) is 18.2 Å². The molecule has 7 heteroatoms. The van der Waals surface area contributed by atoms with E-state index in [4.69, 9.17) is 9.47 Å². The van der Waals surface area contributed by atoms with E-state index in [9.17, 15) is 9.59 Å². The number of aryl methyl sites for hydroxylation is 1. The van der Waals surface area contributed by atoms with E-state index in [0.717, 1.165) is 11.3 Å². The van der Waals surface area contributed by atoms with Crippen LogP contribution < -0.4 is 24.3 Å². The third kappa shape index (κ3) is 3.04. The molecule has 0 saturated carbocycles. The molecular weight excluding hydrogens is 382 g/mol. The second kappa shape index (κ2) is 7.18. The Hall–Kier alpha value is -3.87. The van der Waals surface area contributed by atoms with Gasteiger partial charge in [0.15, 0.2) is 17.7 Å². The van der Waals surface area contributed by atoms with Gasteiger partial charge in [-0.15, -0.1) is 0 Å². The van der Waals surface area contributed by atoms with Crippen molar-refractivity contribution < 1.29 is 23.6 Å². The second-order valence-electron chi connectivity index (χ2n) is 7.26. The number of hydrogen-bond acceptors (Lipinski definition) is 4. The zero-order chi connectivity index (χ0) is 20.7. The third-order valence-electron chi connectivity index (χ3n) is 5.37. The van der Waals surface area contributed by atoms with Crippen LogP contribution in [-0.4, -0.2) is 18.6 Å². The molecule has 0 spiro atoms. The Morgan fingerprint density at radius 1 is 1.07 bits per heavy atom. The van der Waals surface area contributed by atoms with Gasteiger partial charge in [-0.25, -0.2) is 0 Å². The van der Waals surface area contributed by atoms with E-state index in [2.05, 4.69) is 5.32 Å². The highest BCUT2D eigenvalue weighted by molar-refractivity contribution is 6.05. The first kappa shape index (κ1) is 18.2. The highest BCUT2D eigenvalue weighted by Crippen LogP contribution is 2.38. The normalized spacial score (nSPS) is 16.9. The SMILES string of the molecule is Cc1ccccc1NC(=O)[C@H]1c2cccc[n+]2CC(=O)N1c1ccc2c(c1)OCO2. The number of aromatic nitrogens is 1. The number of para-hydroxylation sites is 1. The van der Waals surface area contributed by atoms with Crippen molar-refractivity contribution in [2.45, 2.75) is 19.5 Å². The Morgan fingerprint density at radius 3 is 2.73 bits per heavy atom. The summed E-state index contributed by atoms with van der Waals surface area (Å²) in [6.45, 7) is 2.22. The lowest BCUT2D eigenvalue weighted by Gasteiger charge is -2.32. The molecular formula is C23H20N3O4+. The lowest BCUT2D eigenvalue weighted by atomic mass is 10.0. The molecule has 2 aliphatic heterocycles. The fourth-order valence-corrected chi connectivity index (χ4v) is 3.87. The molecule has 2 amide bonds. The average Bonchev–Trinajstić information content (AvgIpc) is 3.22. The third-order valence-corrected chi connectivity index (χ3v) is 5.37. The molecule has 2 aliphatic rings. The van der Waals surface area contributed by atoms with E-state index in [-0.39, 0.29) is 25.2 Å². The number of carbonyl (C=O) groups excluding carboxylic acids is 2. The highest BCUT2D eigenvalue weighted by Gasteiger charge is 2.44. The number of ether oxygens (including phenoxy) is 2. The molecule has 5 rings (SSSR count). The van der Waals surface area contributed by atoms with Crippen LogP contribution in [0.5, 0.6) is 11.5 Å². The van der Waals surface area contributed by atoms with E-state index >= 15 is 0 Å². The van der Waals surface area contributed by atoms with Gasteiger partial charge in [-0.2, -0.15) is 4.57 Å². The number of carbonyl (C=O) groups is 2. The van der Waals surface area contributed by atoms with Crippen LogP contribution in [0.15, 0.2) is 66.9 Å². The molecule has 0 unspecified atom stereocenters. The first-order valence-electron chi connectivity index (χ1n) is 9.68. The van der Waals surface area contributed by atoms with Crippen molar-refractivity contribution in [1.82, 2.24) is 0 Å². The van der Waals surface area contributed by atoms with Crippen LogP contribution in [0.2, 0.25) is 0 Å². The number of nitrogens with zero attached hydrogens (tertiary/aromatic N) is 2. The number of nitrogens with one attached hydrogen (secondary N) is 1. The summed E-state index contributed by atoms with van der Waals surface area (Å²) in [6.07, 6.45) is 1.82. The van der Waals surface area contributed by atoms with Crippen molar-refractivity contribution in [3.63, 3.8) is 0 Å². The van der Waals surface area contributed by atoms with E-state index in [0.29, 0.717) is 22.9 Å². The molecule has 150 valence electrons. The van der Waals surface area contributed by atoms with Crippen LogP contribution in [-0.2, 0) is 16.1 Å². The maximum Gasteiger partial charge on any atom is 0.294 e. The summed E-state index contributed by atoms with van der Waals surface area (Å²) in [6, 6.07) is 17.6. The Balaban J connectivity index is 1.58. The van der Waals surface area contributed by atoms with Crippen LogP contribution >= 0.6 is 0 Å². The zero-order valence-electron chi connectivity index (χ0n) is 16.4. The molecule has 0 fully saturated rings.